The van der Waals surface area contributed by atoms with E-state index in [4.69, 9.17) is 0 Å². The van der Waals surface area contributed by atoms with Gasteiger partial charge in [0.15, 0.2) is 5.43 Å². The van der Waals surface area contributed by atoms with Crippen LogP contribution in [0, 0.1) is 13.8 Å². The van der Waals surface area contributed by atoms with Crippen LogP contribution in [0.15, 0.2) is 95.8 Å². The van der Waals surface area contributed by atoms with Gasteiger partial charge in [0.25, 0.3) is 5.91 Å². The molecule has 0 radical (unpaired) electrons. The van der Waals surface area contributed by atoms with E-state index in [0.29, 0.717) is 17.9 Å². The second-order valence-corrected chi connectivity index (χ2v) is 7.65. The highest BCUT2D eigenvalue weighted by molar-refractivity contribution is 6.09. The van der Waals surface area contributed by atoms with E-state index in [9.17, 15) is 9.59 Å². The molecule has 3 aromatic carbocycles. The van der Waals surface area contributed by atoms with Crippen molar-refractivity contribution in [1.29, 1.82) is 0 Å². The lowest BCUT2D eigenvalue weighted by atomic mass is 10.0. The van der Waals surface area contributed by atoms with Crippen LogP contribution in [0.4, 0.5) is 5.69 Å². The van der Waals surface area contributed by atoms with E-state index in [1.54, 1.807) is 4.90 Å². The number of carbonyl (C=O) groups is 1. The second-order valence-electron chi connectivity index (χ2n) is 7.65. The molecule has 0 spiro atoms. The Labute approximate surface area is 181 Å². The molecule has 0 bridgehead atoms. The van der Waals surface area contributed by atoms with Crippen LogP contribution in [0.1, 0.15) is 27.2 Å². The number of nitrogens with zero attached hydrogens (tertiary/aromatic N) is 1. The first-order valence-electron chi connectivity index (χ1n) is 10.2. The number of rotatable bonds is 5. The summed E-state index contributed by atoms with van der Waals surface area (Å²) >= 11 is 0. The number of anilines is 1. The molecule has 0 saturated carbocycles. The van der Waals surface area contributed by atoms with Gasteiger partial charge >= 0.3 is 0 Å². The average molecular weight is 409 g/mol. The molecule has 4 rings (SSSR count). The molecule has 0 atom stereocenters. The van der Waals surface area contributed by atoms with Crippen LogP contribution in [0.25, 0.3) is 11.3 Å². The SMILES string of the molecule is Cc1cccc(-c2[nH]c(C)cc(=O)c2C(=O)N(Cc2ccccc2)c2ccccc2)c1. The van der Waals surface area contributed by atoms with Crippen LogP contribution < -0.4 is 10.3 Å². The Balaban J connectivity index is 1.86. The molecular weight excluding hydrogens is 384 g/mol. The maximum absolute atomic E-state index is 13.9. The quantitative estimate of drug-likeness (QED) is 0.474. The molecule has 0 aliphatic heterocycles. The molecule has 1 N–H and O–H groups in total. The first-order valence-corrected chi connectivity index (χ1v) is 10.2. The van der Waals surface area contributed by atoms with Crippen molar-refractivity contribution < 1.29 is 4.79 Å². The van der Waals surface area contributed by atoms with E-state index < -0.39 is 0 Å². The van der Waals surface area contributed by atoms with Crippen molar-refractivity contribution in [2.45, 2.75) is 20.4 Å². The predicted molar refractivity (Wildman–Crippen MR) is 125 cm³/mol. The number of aryl methyl sites for hydroxylation is 2. The maximum Gasteiger partial charge on any atom is 0.264 e. The number of para-hydroxylation sites is 1. The predicted octanol–water partition coefficient (Wildman–Crippen LogP) is 5.51. The van der Waals surface area contributed by atoms with Crippen molar-refractivity contribution in [3.05, 3.63) is 124 Å². The lowest BCUT2D eigenvalue weighted by Gasteiger charge is -2.24. The molecule has 0 saturated heterocycles. The zero-order valence-corrected chi connectivity index (χ0v) is 17.6. The molecule has 4 heteroatoms. The number of aromatic nitrogens is 1. The van der Waals surface area contributed by atoms with Crippen LogP contribution in [-0.4, -0.2) is 10.9 Å². The summed E-state index contributed by atoms with van der Waals surface area (Å²) in [6.45, 7) is 4.18. The third-order valence-electron chi connectivity index (χ3n) is 5.18. The van der Waals surface area contributed by atoms with Crippen LogP contribution in [-0.2, 0) is 6.54 Å². The van der Waals surface area contributed by atoms with Gasteiger partial charge in [0.05, 0.1) is 12.2 Å². The number of nitrogens with one attached hydrogen (secondary N) is 1. The van der Waals surface area contributed by atoms with Gasteiger partial charge in [-0.05, 0) is 43.2 Å². The third-order valence-corrected chi connectivity index (χ3v) is 5.18. The van der Waals surface area contributed by atoms with Gasteiger partial charge in [0, 0.05) is 17.4 Å². The monoisotopic (exact) mass is 408 g/mol. The van der Waals surface area contributed by atoms with Crippen molar-refractivity contribution in [1.82, 2.24) is 4.98 Å². The molecule has 154 valence electrons. The molecule has 0 aliphatic rings. The molecule has 4 aromatic rings. The lowest BCUT2D eigenvalue weighted by Crippen LogP contribution is -2.34. The molecule has 0 aliphatic carbocycles. The number of hydrogen-bond acceptors (Lipinski definition) is 2. The molecule has 1 amide bonds. The Morgan fingerprint density at radius 1 is 0.839 bits per heavy atom. The summed E-state index contributed by atoms with van der Waals surface area (Å²) in [4.78, 5) is 31.9. The molecular formula is C27H24N2O2. The number of benzene rings is 3. The largest absolute Gasteiger partial charge is 0.358 e. The van der Waals surface area contributed by atoms with Gasteiger partial charge in [0.1, 0.15) is 5.56 Å². The number of pyridine rings is 1. The molecule has 31 heavy (non-hydrogen) atoms. The molecule has 4 nitrogen and oxygen atoms in total. The Morgan fingerprint density at radius 3 is 2.19 bits per heavy atom. The van der Waals surface area contributed by atoms with E-state index >= 15 is 0 Å². The van der Waals surface area contributed by atoms with Crippen molar-refractivity contribution in [2.24, 2.45) is 0 Å². The van der Waals surface area contributed by atoms with E-state index in [0.717, 1.165) is 22.4 Å². The molecule has 1 aromatic heterocycles. The summed E-state index contributed by atoms with van der Waals surface area (Å²) in [6.07, 6.45) is 0. The van der Waals surface area contributed by atoms with E-state index in [2.05, 4.69) is 4.98 Å². The highest BCUT2D eigenvalue weighted by atomic mass is 16.2. The molecule has 0 unspecified atom stereocenters. The Morgan fingerprint density at radius 2 is 1.52 bits per heavy atom. The zero-order chi connectivity index (χ0) is 21.8. The molecule has 1 heterocycles. The van der Waals surface area contributed by atoms with Crippen molar-refractivity contribution in [2.75, 3.05) is 4.90 Å². The number of hydrogen-bond donors (Lipinski definition) is 1. The van der Waals surface area contributed by atoms with Gasteiger partial charge in [-0.3, -0.25) is 9.59 Å². The van der Waals surface area contributed by atoms with Crippen LogP contribution >= 0.6 is 0 Å². The fourth-order valence-corrected chi connectivity index (χ4v) is 3.71. The van der Waals surface area contributed by atoms with Gasteiger partial charge in [-0.1, -0.05) is 72.3 Å². The summed E-state index contributed by atoms with van der Waals surface area (Å²) < 4.78 is 0. The maximum atomic E-state index is 13.9. The summed E-state index contributed by atoms with van der Waals surface area (Å²) in [5.74, 6) is -0.326. The summed E-state index contributed by atoms with van der Waals surface area (Å²) in [7, 11) is 0. The van der Waals surface area contributed by atoms with Crippen molar-refractivity contribution in [3.8, 4) is 11.3 Å². The fraction of sp³-hybridized carbons (Fsp3) is 0.111. The second kappa shape index (κ2) is 8.84. The van der Waals surface area contributed by atoms with Gasteiger partial charge in [0.2, 0.25) is 0 Å². The highest BCUT2D eigenvalue weighted by Gasteiger charge is 2.25. The first kappa shape index (κ1) is 20.4. The van der Waals surface area contributed by atoms with Crippen molar-refractivity contribution >= 4 is 11.6 Å². The minimum atomic E-state index is -0.326. The van der Waals surface area contributed by atoms with Crippen molar-refractivity contribution in [3.63, 3.8) is 0 Å². The summed E-state index contributed by atoms with van der Waals surface area (Å²) in [5.41, 5.74) is 4.73. The summed E-state index contributed by atoms with van der Waals surface area (Å²) in [5, 5.41) is 0. The number of carbonyl (C=O) groups excluding carboxylic acids is 1. The van der Waals surface area contributed by atoms with Gasteiger partial charge in [-0.2, -0.15) is 0 Å². The highest BCUT2D eigenvalue weighted by Crippen LogP contribution is 2.25. The minimum absolute atomic E-state index is 0.149. The Bertz CT molecular complexity index is 1260. The normalized spacial score (nSPS) is 10.6. The standard InChI is InChI=1S/C27H24N2O2/c1-19-10-9-13-22(16-19)26-25(24(30)17-20(2)28-26)27(31)29(23-14-7-4-8-15-23)18-21-11-5-3-6-12-21/h3-17H,18H2,1-2H3,(H,28,30). The minimum Gasteiger partial charge on any atom is -0.358 e. The van der Waals surface area contributed by atoms with Crippen LogP contribution in [0.2, 0.25) is 0 Å². The summed E-state index contributed by atoms with van der Waals surface area (Å²) in [6, 6.07) is 28.5. The average Bonchev–Trinajstić information content (AvgIpc) is 2.78. The third kappa shape index (κ3) is 4.48. The van der Waals surface area contributed by atoms with Crippen LogP contribution in [0.5, 0.6) is 0 Å². The van der Waals surface area contributed by atoms with E-state index in [1.807, 2.05) is 98.8 Å². The number of H-pyrrole nitrogens is 1. The van der Waals surface area contributed by atoms with Gasteiger partial charge < -0.3 is 9.88 Å². The van der Waals surface area contributed by atoms with E-state index in [1.165, 1.54) is 6.07 Å². The van der Waals surface area contributed by atoms with Crippen LogP contribution in [0.3, 0.4) is 0 Å². The van der Waals surface area contributed by atoms with Gasteiger partial charge in [-0.15, -0.1) is 0 Å². The number of aromatic amines is 1. The Hall–Kier alpha value is -3.92. The Kier molecular flexibility index (Phi) is 5.80. The zero-order valence-electron chi connectivity index (χ0n) is 17.6. The van der Waals surface area contributed by atoms with E-state index in [-0.39, 0.29) is 16.9 Å². The smallest absolute Gasteiger partial charge is 0.264 e. The number of amides is 1. The lowest BCUT2D eigenvalue weighted by molar-refractivity contribution is 0.0984. The fourth-order valence-electron chi connectivity index (χ4n) is 3.71. The molecule has 0 fully saturated rings. The topological polar surface area (TPSA) is 53.2 Å². The first-order chi connectivity index (χ1) is 15.0. The van der Waals surface area contributed by atoms with Gasteiger partial charge in [-0.25, -0.2) is 0 Å².